The van der Waals surface area contributed by atoms with Crippen LogP contribution in [0.25, 0.3) is 6.08 Å². The van der Waals surface area contributed by atoms with E-state index in [4.69, 9.17) is 14.2 Å². The Kier molecular flexibility index (Phi) is 5.17. The summed E-state index contributed by atoms with van der Waals surface area (Å²) in [6, 6.07) is 10.9. The summed E-state index contributed by atoms with van der Waals surface area (Å²) >= 11 is 0. The summed E-state index contributed by atoms with van der Waals surface area (Å²) in [5, 5.41) is 2.37. The Morgan fingerprint density at radius 3 is 2.77 bits per heavy atom. The van der Waals surface area contributed by atoms with Crippen molar-refractivity contribution in [1.29, 1.82) is 0 Å². The SMILES string of the molecule is C[C@@H](OC(=O)/C=C/c1ccc2c(c1)OCO2)C(=O)Nc1ccccc1F. The van der Waals surface area contributed by atoms with Crippen molar-refractivity contribution in [1.82, 2.24) is 0 Å². The van der Waals surface area contributed by atoms with Gasteiger partial charge in [-0.05, 0) is 42.8 Å². The number of rotatable bonds is 5. The minimum Gasteiger partial charge on any atom is -0.454 e. The van der Waals surface area contributed by atoms with Crippen LogP contribution in [0.4, 0.5) is 10.1 Å². The van der Waals surface area contributed by atoms with Gasteiger partial charge in [0.15, 0.2) is 17.6 Å². The molecule has 0 unspecified atom stereocenters. The Labute approximate surface area is 149 Å². The molecule has 1 heterocycles. The standard InChI is InChI=1S/C19H16FNO5/c1-12(19(23)21-15-5-3-2-4-14(15)20)26-18(22)9-7-13-6-8-16-17(10-13)25-11-24-16/h2-10,12H,11H2,1H3,(H,21,23)/b9-7+/t12-/m1/s1. The maximum Gasteiger partial charge on any atom is 0.331 e. The average Bonchev–Trinajstić information content (AvgIpc) is 3.09. The number of halogens is 1. The van der Waals surface area contributed by atoms with Gasteiger partial charge in [-0.1, -0.05) is 18.2 Å². The first-order chi connectivity index (χ1) is 12.5. The fourth-order valence-electron chi connectivity index (χ4n) is 2.25. The quantitative estimate of drug-likeness (QED) is 0.657. The number of esters is 1. The molecule has 1 amide bonds. The molecule has 0 fully saturated rings. The first-order valence-corrected chi connectivity index (χ1v) is 7.86. The molecule has 0 bridgehead atoms. The smallest absolute Gasteiger partial charge is 0.331 e. The molecule has 1 aliphatic rings. The number of benzene rings is 2. The second kappa shape index (κ2) is 7.69. The van der Waals surface area contributed by atoms with Gasteiger partial charge >= 0.3 is 5.97 Å². The number of fused-ring (bicyclic) bond motifs is 1. The summed E-state index contributed by atoms with van der Waals surface area (Å²) in [6.07, 6.45) is 1.65. The third-order valence-electron chi connectivity index (χ3n) is 3.60. The van der Waals surface area contributed by atoms with Crippen LogP contribution in [0.1, 0.15) is 12.5 Å². The number of anilines is 1. The molecule has 2 aromatic rings. The molecule has 0 saturated carbocycles. The Balaban J connectivity index is 1.55. The summed E-state index contributed by atoms with van der Waals surface area (Å²) in [6.45, 7) is 1.57. The molecule has 134 valence electrons. The molecule has 0 saturated heterocycles. The predicted molar refractivity (Wildman–Crippen MR) is 92.2 cm³/mol. The maximum atomic E-state index is 13.5. The Hall–Kier alpha value is -3.35. The van der Waals surface area contributed by atoms with E-state index in [2.05, 4.69) is 5.32 Å². The highest BCUT2D eigenvalue weighted by molar-refractivity contribution is 5.96. The van der Waals surface area contributed by atoms with E-state index in [9.17, 15) is 14.0 Å². The summed E-state index contributed by atoms with van der Waals surface area (Å²) in [4.78, 5) is 23.9. The largest absolute Gasteiger partial charge is 0.454 e. The lowest BCUT2D eigenvalue weighted by atomic mass is 10.2. The zero-order valence-corrected chi connectivity index (χ0v) is 13.9. The van der Waals surface area contributed by atoms with Crippen LogP contribution in [0.15, 0.2) is 48.5 Å². The van der Waals surface area contributed by atoms with Crippen LogP contribution >= 0.6 is 0 Å². The lowest BCUT2D eigenvalue weighted by Gasteiger charge is -2.12. The van der Waals surface area contributed by atoms with Gasteiger partial charge in [0.05, 0.1) is 5.69 Å². The maximum absolute atomic E-state index is 13.5. The highest BCUT2D eigenvalue weighted by atomic mass is 19.1. The molecule has 0 aliphatic carbocycles. The molecule has 7 heteroatoms. The molecule has 6 nitrogen and oxygen atoms in total. The number of ether oxygens (including phenoxy) is 3. The monoisotopic (exact) mass is 357 g/mol. The molecular formula is C19H16FNO5. The molecule has 0 spiro atoms. The molecule has 26 heavy (non-hydrogen) atoms. The van der Waals surface area contributed by atoms with Crippen LogP contribution in [0.2, 0.25) is 0 Å². The highest BCUT2D eigenvalue weighted by Gasteiger charge is 2.18. The van der Waals surface area contributed by atoms with Gasteiger partial charge in [-0.15, -0.1) is 0 Å². The van der Waals surface area contributed by atoms with Gasteiger partial charge in [0, 0.05) is 6.08 Å². The number of hydrogen-bond acceptors (Lipinski definition) is 5. The number of carbonyl (C=O) groups is 2. The van der Waals surface area contributed by atoms with Gasteiger partial charge in [0.1, 0.15) is 5.82 Å². The fraction of sp³-hybridized carbons (Fsp3) is 0.158. The van der Waals surface area contributed by atoms with Gasteiger partial charge < -0.3 is 19.5 Å². The number of hydrogen-bond donors (Lipinski definition) is 1. The molecule has 1 aliphatic heterocycles. The Bertz CT molecular complexity index is 865. The molecule has 1 N–H and O–H groups in total. The van der Waals surface area contributed by atoms with E-state index in [1.54, 1.807) is 24.3 Å². The van der Waals surface area contributed by atoms with Gasteiger partial charge in [0.25, 0.3) is 5.91 Å². The third kappa shape index (κ3) is 4.18. The third-order valence-corrected chi connectivity index (χ3v) is 3.60. The number of para-hydroxylation sites is 1. The van der Waals surface area contributed by atoms with Crippen molar-refractivity contribution < 1.29 is 28.2 Å². The first-order valence-electron chi connectivity index (χ1n) is 7.86. The minimum atomic E-state index is -1.08. The van der Waals surface area contributed by atoms with E-state index in [-0.39, 0.29) is 12.5 Å². The zero-order valence-electron chi connectivity index (χ0n) is 13.9. The van der Waals surface area contributed by atoms with E-state index in [1.165, 1.54) is 37.3 Å². The molecule has 0 radical (unpaired) electrons. The molecular weight excluding hydrogens is 341 g/mol. The number of nitrogens with one attached hydrogen (secondary N) is 1. The van der Waals surface area contributed by atoms with Crippen LogP contribution in [-0.2, 0) is 14.3 Å². The second-order valence-corrected chi connectivity index (χ2v) is 5.49. The van der Waals surface area contributed by atoms with Crippen molar-refractivity contribution in [2.75, 3.05) is 12.1 Å². The Morgan fingerprint density at radius 2 is 1.96 bits per heavy atom. The summed E-state index contributed by atoms with van der Waals surface area (Å²) < 4.78 is 29.0. The fourth-order valence-corrected chi connectivity index (χ4v) is 2.25. The van der Waals surface area contributed by atoms with Gasteiger partial charge in [0.2, 0.25) is 6.79 Å². The zero-order chi connectivity index (χ0) is 18.5. The van der Waals surface area contributed by atoms with Gasteiger partial charge in [-0.25, -0.2) is 9.18 Å². The van der Waals surface area contributed by atoms with E-state index in [0.29, 0.717) is 11.5 Å². The van der Waals surface area contributed by atoms with Crippen molar-refractivity contribution in [3.05, 3.63) is 59.9 Å². The van der Waals surface area contributed by atoms with Crippen LogP contribution in [0.3, 0.4) is 0 Å². The summed E-state index contributed by atoms with van der Waals surface area (Å²) in [5.74, 6) is -0.651. The first kappa shape index (κ1) is 17.5. The van der Waals surface area contributed by atoms with E-state index < -0.39 is 23.8 Å². The van der Waals surface area contributed by atoms with Crippen LogP contribution in [0, 0.1) is 5.82 Å². The average molecular weight is 357 g/mol. The van der Waals surface area contributed by atoms with E-state index in [0.717, 1.165) is 5.56 Å². The molecule has 2 aromatic carbocycles. The van der Waals surface area contributed by atoms with Crippen molar-refractivity contribution >= 4 is 23.6 Å². The lowest BCUT2D eigenvalue weighted by molar-refractivity contribution is -0.148. The van der Waals surface area contributed by atoms with Gasteiger partial charge in [-0.3, -0.25) is 4.79 Å². The second-order valence-electron chi connectivity index (χ2n) is 5.49. The molecule has 0 aromatic heterocycles. The van der Waals surface area contributed by atoms with Crippen molar-refractivity contribution in [3.63, 3.8) is 0 Å². The van der Waals surface area contributed by atoms with Crippen LogP contribution in [-0.4, -0.2) is 24.8 Å². The highest BCUT2D eigenvalue weighted by Crippen LogP contribution is 2.32. The van der Waals surface area contributed by atoms with E-state index in [1.807, 2.05) is 0 Å². The van der Waals surface area contributed by atoms with Crippen molar-refractivity contribution in [2.24, 2.45) is 0 Å². The Morgan fingerprint density at radius 1 is 1.19 bits per heavy atom. The number of amides is 1. The van der Waals surface area contributed by atoms with Crippen LogP contribution < -0.4 is 14.8 Å². The number of carbonyl (C=O) groups excluding carboxylic acids is 2. The minimum absolute atomic E-state index is 0.0244. The molecule has 3 rings (SSSR count). The summed E-state index contributed by atoms with van der Waals surface area (Å²) in [7, 11) is 0. The lowest BCUT2D eigenvalue weighted by Crippen LogP contribution is -2.29. The van der Waals surface area contributed by atoms with E-state index >= 15 is 0 Å². The normalized spacial score (nSPS) is 13.5. The van der Waals surface area contributed by atoms with Crippen LogP contribution in [0.5, 0.6) is 11.5 Å². The van der Waals surface area contributed by atoms with Gasteiger partial charge in [-0.2, -0.15) is 0 Å². The summed E-state index contributed by atoms with van der Waals surface area (Å²) in [5.41, 5.74) is 0.742. The molecule has 1 atom stereocenters. The van der Waals surface area contributed by atoms with Crippen molar-refractivity contribution in [2.45, 2.75) is 13.0 Å². The van der Waals surface area contributed by atoms with Crippen molar-refractivity contribution in [3.8, 4) is 11.5 Å². The topological polar surface area (TPSA) is 73.9 Å². The predicted octanol–water partition coefficient (Wildman–Crippen LogP) is 3.14.